The van der Waals surface area contributed by atoms with E-state index in [4.69, 9.17) is 5.26 Å². The predicted octanol–water partition coefficient (Wildman–Crippen LogP) is 2.25. The molecule has 4 heteroatoms. The highest BCUT2D eigenvalue weighted by Gasteiger charge is 2.01. The molecular formula is C14H19N3O. The normalized spacial score (nSPS) is 9.89. The van der Waals surface area contributed by atoms with Crippen LogP contribution in [-0.4, -0.2) is 19.0 Å². The van der Waals surface area contributed by atoms with Crippen LogP contribution in [-0.2, 0) is 4.79 Å². The van der Waals surface area contributed by atoms with Crippen LogP contribution in [0.1, 0.15) is 31.7 Å². The summed E-state index contributed by atoms with van der Waals surface area (Å²) in [7, 11) is 0. The van der Waals surface area contributed by atoms with Crippen molar-refractivity contribution in [3.8, 4) is 6.07 Å². The maximum Gasteiger partial charge on any atom is 0.239 e. The lowest BCUT2D eigenvalue weighted by Gasteiger charge is -2.09. The first kappa shape index (κ1) is 14.0. The Morgan fingerprint density at radius 3 is 2.56 bits per heavy atom. The van der Waals surface area contributed by atoms with Gasteiger partial charge in [-0.1, -0.05) is 26.0 Å². The summed E-state index contributed by atoms with van der Waals surface area (Å²) in [5, 5.41) is 14.0. The Labute approximate surface area is 108 Å². The first-order chi connectivity index (χ1) is 8.63. The summed E-state index contributed by atoms with van der Waals surface area (Å²) in [5.74, 6) is 0.409. The average Bonchev–Trinajstić information content (AvgIpc) is 2.37. The lowest BCUT2D eigenvalue weighted by molar-refractivity contribution is -0.119. The highest BCUT2D eigenvalue weighted by molar-refractivity contribution is 5.80. The van der Waals surface area contributed by atoms with Crippen LogP contribution < -0.4 is 10.6 Å². The molecule has 0 aliphatic heterocycles. The van der Waals surface area contributed by atoms with Crippen LogP contribution in [0.2, 0.25) is 0 Å². The number of rotatable bonds is 6. The van der Waals surface area contributed by atoms with Crippen molar-refractivity contribution in [2.75, 3.05) is 18.4 Å². The number of anilines is 1. The molecule has 0 unspecified atom stereocenters. The van der Waals surface area contributed by atoms with Gasteiger partial charge in [-0.3, -0.25) is 4.79 Å². The second-order valence-electron chi connectivity index (χ2n) is 4.39. The molecule has 0 radical (unpaired) electrons. The molecule has 0 fully saturated rings. The molecule has 0 atom stereocenters. The van der Waals surface area contributed by atoms with E-state index < -0.39 is 0 Å². The second-order valence-corrected chi connectivity index (χ2v) is 4.39. The minimum atomic E-state index is -0.0989. The number of carbonyl (C=O) groups is 1. The van der Waals surface area contributed by atoms with Gasteiger partial charge in [-0.25, -0.2) is 0 Å². The Balaban J connectivity index is 2.35. The third kappa shape index (κ3) is 4.88. The zero-order chi connectivity index (χ0) is 13.4. The predicted molar refractivity (Wildman–Crippen MR) is 72.3 cm³/mol. The second kappa shape index (κ2) is 7.33. The molecule has 0 bridgehead atoms. The maximum atomic E-state index is 11.4. The van der Waals surface area contributed by atoms with Crippen LogP contribution in [0.4, 0.5) is 5.69 Å². The van der Waals surface area contributed by atoms with E-state index >= 15 is 0 Å². The topological polar surface area (TPSA) is 64.9 Å². The summed E-state index contributed by atoms with van der Waals surface area (Å²) in [5.41, 5.74) is 2.20. The molecule has 4 nitrogen and oxygen atoms in total. The molecule has 0 heterocycles. The van der Waals surface area contributed by atoms with Crippen LogP contribution in [0.15, 0.2) is 24.3 Å². The third-order valence-electron chi connectivity index (χ3n) is 2.59. The zero-order valence-corrected chi connectivity index (χ0v) is 10.9. The van der Waals surface area contributed by atoms with Gasteiger partial charge in [-0.15, -0.1) is 0 Å². The van der Waals surface area contributed by atoms with Gasteiger partial charge in [0.2, 0.25) is 5.91 Å². The van der Waals surface area contributed by atoms with Crippen LogP contribution in [0.25, 0.3) is 0 Å². The van der Waals surface area contributed by atoms with Crippen molar-refractivity contribution in [1.82, 2.24) is 5.32 Å². The lowest BCUT2D eigenvalue weighted by atomic mass is 10.0. The fraction of sp³-hybridized carbons (Fsp3) is 0.429. The molecule has 0 saturated carbocycles. The number of carbonyl (C=O) groups excluding carboxylic acids is 1. The molecule has 1 aromatic rings. The summed E-state index contributed by atoms with van der Waals surface area (Å²) in [6.07, 6.45) is 0.342. The minimum Gasteiger partial charge on any atom is -0.376 e. The Morgan fingerprint density at radius 1 is 1.33 bits per heavy atom. The smallest absolute Gasteiger partial charge is 0.239 e. The van der Waals surface area contributed by atoms with E-state index in [-0.39, 0.29) is 12.5 Å². The fourth-order valence-corrected chi connectivity index (χ4v) is 1.49. The first-order valence-corrected chi connectivity index (χ1v) is 6.11. The van der Waals surface area contributed by atoms with E-state index in [1.54, 1.807) is 0 Å². The van der Waals surface area contributed by atoms with E-state index in [1.807, 2.05) is 18.2 Å². The van der Waals surface area contributed by atoms with E-state index in [2.05, 4.69) is 36.6 Å². The molecule has 96 valence electrons. The summed E-state index contributed by atoms with van der Waals surface area (Å²) in [6, 6.07) is 10.0. The van der Waals surface area contributed by atoms with Crippen molar-refractivity contribution in [1.29, 1.82) is 5.26 Å². The van der Waals surface area contributed by atoms with Gasteiger partial charge < -0.3 is 10.6 Å². The Morgan fingerprint density at radius 2 is 2.00 bits per heavy atom. The third-order valence-corrected chi connectivity index (χ3v) is 2.59. The van der Waals surface area contributed by atoms with Gasteiger partial charge in [0.1, 0.15) is 0 Å². The molecule has 0 aliphatic rings. The van der Waals surface area contributed by atoms with Gasteiger partial charge in [-0.2, -0.15) is 5.26 Å². The summed E-state index contributed by atoms with van der Waals surface area (Å²) >= 11 is 0. The Bertz CT molecular complexity index is 418. The van der Waals surface area contributed by atoms with Crippen LogP contribution in [0.3, 0.4) is 0 Å². The molecule has 18 heavy (non-hydrogen) atoms. The van der Waals surface area contributed by atoms with E-state index in [9.17, 15) is 4.79 Å². The first-order valence-electron chi connectivity index (χ1n) is 6.11. The van der Waals surface area contributed by atoms with Crippen molar-refractivity contribution in [3.63, 3.8) is 0 Å². The maximum absolute atomic E-state index is 11.4. The molecule has 1 aromatic carbocycles. The summed E-state index contributed by atoms with van der Waals surface area (Å²) < 4.78 is 0. The molecule has 1 amide bonds. The monoisotopic (exact) mass is 245 g/mol. The van der Waals surface area contributed by atoms with Gasteiger partial charge in [-0.05, 0) is 23.6 Å². The zero-order valence-electron chi connectivity index (χ0n) is 10.9. The van der Waals surface area contributed by atoms with Crippen molar-refractivity contribution >= 4 is 11.6 Å². The van der Waals surface area contributed by atoms with E-state index in [1.165, 1.54) is 5.56 Å². The fourth-order valence-electron chi connectivity index (χ4n) is 1.49. The van der Waals surface area contributed by atoms with Crippen molar-refractivity contribution < 1.29 is 4.79 Å². The molecule has 0 aromatic heterocycles. The number of nitrogens with one attached hydrogen (secondary N) is 2. The van der Waals surface area contributed by atoms with E-state index in [0.29, 0.717) is 18.9 Å². The van der Waals surface area contributed by atoms with Gasteiger partial charge in [0.15, 0.2) is 0 Å². The van der Waals surface area contributed by atoms with Gasteiger partial charge >= 0.3 is 0 Å². The number of benzene rings is 1. The number of hydrogen-bond acceptors (Lipinski definition) is 3. The molecule has 1 rings (SSSR count). The highest BCUT2D eigenvalue weighted by atomic mass is 16.1. The SMILES string of the molecule is CC(C)c1ccc(NCC(=O)NCCC#N)cc1. The van der Waals surface area contributed by atoms with Crippen molar-refractivity contribution in [2.24, 2.45) is 0 Å². The number of nitriles is 1. The summed E-state index contributed by atoms with van der Waals surface area (Å²) in [6.45, 7) is 4.92. The molecular weight excluding hydrogens is 226 g/mol. The lowest BCUT2D eigenvalue weighted by Crippen LogP contribution is -2.30. The van der Waals surface area contributed by atoms with Gasteiger partial charge in [0.05, 0.1) is 19.0 Å². The van der Waals surface area contributed by atoms with E-state index in [0.717, 1.165) is 5.69 Å². The Hall–Kier alpha value is -2.02. The van der Waals surface area contributed by atoms with Crippen LogP contribution in [0, 0.1) is 11.3 Å². The van der Waals surface area contributed by atoms with Crippen LogP contribution in [0.5, 0.6) is 0 Å². The molecule has 0 spiro atoms. The largest absolute Gasteiger partial charge is 0.376 e. The standard InChI is InChI=1S/C14H19N3O/c1-11(2)12-4-6-13(7-5-12)17-10-14(18)16-9-3-8-15/h4-7,11,17H,3,9-10H2,1-2H3,(H,16,18). The molecule has 2 N–H and O–H groups in total. The molecule has 0 aliphatic carbocycles. The molecule has 0 saturated heterocycles. The summed E-state index contributed by atoms with van der Waals surface area (Å²) in [4.78, 5) is 11.4. The highest BCUT2D eigenvalue weighted by Crippen LogP contribution is 2.16. The Kier molecular flexibility index (Phi) is 5.72. The van der Waals surface area contributed by atoms with Gasteiger partial charge in [0.25, 0.3) is 0 Å². The number of amides is 1. The van der Waals surface area contributed by atoms with Crippen LogP contribution >= 0.6 is 0 Å². The number of hydrogen-bond donors (Lipinski definition) is 2. The van der Waals surface area contributed by atoms with Crippen molar-refractivity contribution in [3.05, 3.63) is 29.8 Å². The van der Waals surface area contributed by atoms with Gasteiger partial charge in [0, 0.05) is 12.2 Å². The average molecular weight is 245 g/mol. The number of nitrogens with zero attached hydrogens (tertiary/aromatic N) is 1. The van der Waals surface area contributed by atoms with Crippen molar-refractivity contribution in [2.45, 2.75) is 26.2 Å². The minimum absolute atomic E-state index is 0.0989. The quantitative estimate of drug-likeness (QED) is 0.755.